The number of esters is 1. The molecule has 1 saturated heterocycles. The van der Waals surface area contributed by atoms with Crippen molar-refractivity contribution in [3.63, 3.8) is 0 Å². The summed E-state index contributed by atoms with van der Waals surface area (Å²) in [5.41, 5.74) is 0. The van der Waals surface area contributed by atoms with Crippen LogP contribution in [0.4, 0.5) is 0 Å². The summed E-state index contributed by atoms with van der Waals surface area (Å²) in [5.74, 6) is -0.126. The first kappa shape index (κ1) is 35.2. The van der Waals surface area contributed by atoms with Gasteiger partial charge in [-0.05, 0) is 32.4 Å². The van der Waals surface area contributed by atoms with Gasteiger partial charge in [0.15, 0.2) is 0 Å². The van der Waals surface area contributed by atoms with Crippen molar-refractivity contribution in [2.75, 3.05) is 92.4 Å². The molecule has 0 atom stereocenters. The van der Waals surface area contributed by atoms with Gasteiger partial charge in [0, 0.05) is 6.42 Å². The minimum atomic E-state index is -0.126. The Bertz CT molecular complexity index is 491. The Morgan fingerprint density at radius 3 is 1.50 bits per heavy atom. The third kappa shape index (κ3) is 25.5. The van der Waals surface area contributed by atoms with Gasteiger partial charge in [0.25, 0.3) is 0 Å². The van der Waals surface area contributed by atoms with Crippen molar-refractivity contribution in [3.05, 3.63) is 0 Å². The zero-order chi connectivity index (χ0) is 27.2. The topological polar surface area (TPSA) is 93.7 Å². The van der Waals surface area contributed by atoms with Gasteiger partial charge in [0.2, 0.25) is 0 Å². The van der Waals surface area contributed by atoms with E-state index in [1.165, 1.54) is 44.9 Å². The highest BCUT2D eigenvalue weighted by Crippen LogP contribution is 2.11. The fourth-order valence-electron chi connectivity index (χ4n) is 4.08. The molecular weight excluding hydrogens is 490 g/mol. The van der Waals surface area contributed by atoms with Crippen molar-refractivity contribution >= 4 is 5.97 Å². The molecule has 0 radical (unpaired) electrons. The maximum Gasteiger partial charge on any atom is 0.305 e. The number of carbonyl (C=O) groups is 1. The first-order valence-corrected chi connectivity index (χ1v) is 15.2. The van der Waals surface area contributed by atoms with Gasteiger partial charge < -0.3 is 38.5 Å². The highest BCUT2D eigenvalue weighted by molar-refractivity contribution is 5.69. The van der Waals surface area contributed by atoms with Crippen molar-refractivity contribution in [3.8, 4) is 0 Å². The van der Waals surface area contributed by atoms with Crippen molar-refractivity contribution in [1.82, 2.24) is 5.32 Å². The molecule has 9 nitrogen and oxygen atoms in total. The largest absolute Gasteiger partial charge is 0.463 e. The first-order chi connectivity index (χ1) is 18.8. The summed E-state index contributed by atoms with van der Waals surface area (Å²) in [4.78, 5) is 11.7. The van der Waals surface area contributed by atoms with E-state index in [-0.39, 0.29) is 5.97 Å². The van der Waals surface area contributed by atoms with Gasteiger partial charge in [0.1, 0.15) is 6.61 Å². The van der Waals surface area contributed by atoms with E-state index in [9.17, 15) is 4.79 Å². The van der Waals surface area contributed by atoms with Crippen molar-refractivity contribution in [1.29, 1.82) is 0 Å². The molecule has 0 amide bonds. The number of carbonyl (C=O) groups excluding carboxylic acids is 1. The number of unbranched alkanes of at least 4 members (excludes halogenated alkanes) is 8. The maximum absolute atomic E-state index is 11.7. The van der Waals surface area contributed by atoms with Crippen LogP contribution < -0.4 is 5.32 Å². The van der Waals surface area contributed by atoms with E-state index in [1.54, 1.807) is 0 Å². The summed E-state index contributed by atoms with van der Waals surface area (Å²) in [6.07, 6.45) is 14.2. The van der Waals surface area contributed by atoms with E-state index in [0.29, 0.717) is 91.8 Å². The second-order valence-electron chi connectivity index (χ2n) is 9.68. The van der Waals surface area contributed by atoms with Crippen molar-refractivity contribution in [2.45, 2.75) is 90.1 Å². The highest BCUT2D eigenvalue weighted by Gasteiger charge is 2.12. The minimum Gasteiger partial charge on any atom is -0.463 e. The number of nitrogens with one attached hydrogen (secondary N) is 1. The monoisotopic (exact) mass is 547 g/mol. The molecule has 0 aromatic heterocycles. The molecule has 1 N–H and O–H groups in total. The zero-order valence-electron chi connectivity index (χ0n) is 24.2. The number of hydrogen-bond acceptors (Lipinski definition) is 9. The van der Waals surface area contributed by atoms with Gasteiger partial charge in [-0.3, -0.25) is 4.79 Å². The average Bonchev–Trinajstić information content (AvgIpc) is 2.94. The standard InChI is InChI=1S/C29H57NO8/c1-2-3-4-5-6-7-8-9-10-11-29(31)38-27-25-36-23-21-34-19-17-32-16-18-33-20-22-35-24-26-37-28-12-14-30-15-13-28/h28,30H,2-27H2,1H3. The molecule has 1 fully saturated rings. The molecule has 226 valence electrons. The number of rotatable bonds is 29. The molecule has 1 aliphatic rings. The van der Waals surface area contributed by atoms with Crippen LogP contribution in [0.15, 0.2) is 0 Å². The van der Waals surface area contributed by atoms with E-state index in [0.717, 1.165) is 38.8 Å². The van der Waals surface area contributed by atoms with Crippen LogP contribution in [0.5, 0.6) is 0 Å². The van der Waals surface area contributed by atoms with Crippen LogP contribution in [-0.2, 0) is 38.0 Å². The van der Waals surface area contributed by atoms with E-state index in [4.69, 9.17) is 33.2 Å². The number of hydrogen-bond donors (Lipinski definition) is 1. The quantitative estimate of drug-likeness (QED) is 0.109. The Labute approximate surface area is 231 Å². The molecule has 0 aromatic rings. The molecule has 0 saturated carbocycles. The summed E-state index contributed by atoms with van der Waals surface area (Å²) in [6.45, 7) is 10.5. The van der Waals surface area contributed by atoms with Crippen LogP contribution in [0.3, 0.4) is 0 Å². The Balaban J connectivity index is 1.66. The van der Waals surface area contributed by atoms with E-state index >= 15 is 0 Å². The minimum absolute atomic E-state index is 0.126. The average molecular weight is 548 g/mol. The molecule has 38 heavy (non-hydrogen) atoms. The lowest BCUT2D eigenvalue weighted by Gasteiger charge is -2.22. The van der Waals surface area contributed by atoms with Crippen LogP contribution in [0.2, 0.25) is 0 Å². The predicted octanol–water partition coefficient (Wildman–Crippen LogP) is 4.30. The molecule has 0 unspecified atom stereocenters. The van der Waals surface area contributed by atoms with Crippen LogP contribution in [0.25, 0.3) is 0 Å². The zero-order valence-corrected chi connectivity index (χ0v) is 24.2. The Kier molecular flexibility index (Phi) is 27.0. The Hall–Kier alpha value is -0.810. The van der Waals surface area contributed by atoms with Crippen molar-refractivity contribution < 1.29 is 38.0 Å². The van der Waals surface area contributed by atoms with Crippen LogP contribution >= 0.6 is 0 Å². The Morgan fingerprint density at radius 1 is 0.579 bits per heavy atom. The summed E-state index contributed by atoms with van der Waals surface area (Å²) in [6, 6.07) is 0. The van der Waals surface area contributed by atoms with Gasteiger partial charge in [-0.15, -0.1) is 0 Å². The molecule has 0 spiro atoms. The molecule has 1 rings (SSSR count). The van der Waals surface area contributed by atoms with E-state index in [1.807, 2.05) is 0 Å². The Morgan fingerprint density at radius 2 is 1.00 bits per heavy atom. The second kappa shape index (κ2) is 29.2. The fourth-order valence-corrected chi connectivity index (χ4v) is 4.08. The van der Waals surface area contributed by atoms with Crippen LogP contribution in [-0.4, -0.2) is 104 Å². The summed E-state index contributed by atoms with van der Waals surface area (Å²) in [5, 5.41) is 3.33. The summed E-state index contributed by atoms with van der Waals surface area (Å²) in [7, 11) is 0. The molecule has 0 aromatic carbocycles. The summed E-state index contributed by atoms with van der Waals surface area (Å²) >= 11 is 0. The maximum atomic E-state index is 11.7. The fraction of sp³-hybridized carbons (Fsp3) is 0.966. The third-order valence-electron chi connectivity index (χ3n) is 6.33. The predicted molar refractivity (Wildman–Crippen MR) is 149 cm³/mol. The van der Waals surface area contributed by atoms with Gasteiger partial charge in [-0.25, -0.2) is 0 Å². The molecule has 1 aliphatic heterocycles. The molecule has 1 heterocycles. The normalized spacial score (nSPS) is 14.2. The number of ether oxygens (including phenoxy) is 7. The third-order valence-corrected chi connectivity index (χ3v) is 6.33. The number of piperidine rings is 1. The lowest BCUT2D eigenvalue weighted by atomic mass is 10.1. The van der Waals surface area contributed by atoms with Crippen LogP contribution in [0.1, 0.15) is 84.0 Å². The molecule has 0 bridgehead atoms. The van der Waals surface area contributed by atoms with Gasteiger partial charge in [-0.1, -0.05) is 58.3 Å². The first-order valence-electron chi connectivity index (χ1n) is 15.2. The molecular formula is C29H57NO8. The highest BCUT2D eigenvalue weighted by atomic mass is 16.6. The van der Waals surface area contributed by atoms with E-state index < -0.39 is 0 Å². The summed E-state index contributed by atoms with van der Waals surface area (Å²) < 4.78 is 38.4. The van der Waals surface area contributed by atoms with Crippen LogP contribution in [0, 0.1) is 0 Å². The van der Waals surface area contributed by atoms with E-state index in [2.05, 4.69) is 12.2 Å². The smallest absolute Gasteiger partial charge is 0.305 e. The van der Waals surface area contributed by atoms with Crippen molar-refractivity contribution in [2.24, 2.45) is 0 Å². The molecule has 9 heteroatoms. The van der Waals surface area contributed by atoms with Gasteiger partial charge >= 0.3 is 5.97 Å². The van der Waals surface area contributed by atoms with Gasteiger partial charge in [-0.2, -0.15) is 0 Å². The lowest BCUT2D eigenvalue weighted by Crippen LogP contribution is -2.33. The second-order valence-corrected chi connectivity index (χ2v) is 9.68. The lowest BCUT2D eigenvalue weighted by molar-refractivity contribution is -0.145. The SMILES string of the molecule is CCCCCCCCCCCC(=O)OCCOCCOCCOCCOCCOCCOC1CCNCC1. The van der Waals surface area contributed by atoms with Gasteiger partial charge in [0.05, 0.1) is 78.8 Å². The molecule has 0 aliphatic carbocycles.